The molecule has 0 bridgehead atoms. The van der Waals surface area contributed by atoms with E-state index < -0.39 is 145 Å². The first kappa shape index (κ1) is 109. The summed E-state index contributed by atoms with van der Waals surface area (Å²) in [6.45, 7) is 17.1. The average molecular weight is 1980 g/mol. The van der Waals surface area contributed by atoms with Gasteiger partial charge in [0.1, 0.15) is 133 Å². The number of rotatable bonds is 34. The number of benzene rings is 10. The molecule has 0 saturated carbocycles. The second-order valence-corrected chi connectivity index (χ2v) is 35.7. The van der Waals surface area contributed by atoms with Gasteiger partial charge in [0.25, 0.3) is 5.76 Å². The monoisotopic (exact) mass is 1980 g/mol. The van der Waals surface area contributed by atoms with Crippen molar-refractivity contribution < 1.29 is 120 Å². The Morgan fingerprint density at radius 2 is 0.705 bits per heavy atom. The molecule has 5 heterocycles. The van der Waals surface area contributed by atoms with Gasteiger partial charge in [-0.2, -0.15) is 26.3 Å². The molecule has 4 unspecified atom stereocenters. The van der Waals surface area contributed by atoms with Crippen LogP contribution in [0.25, 0.3) is 0 Å². The highest BCUT2D eigenvalue weighted by molar-refractivity contribution is 6.04. The van der Waals surface area contributed by atoms with Crippen LogP contribution in [0.15, 0.2) is 282 Å². The number of aliphatic hydroxyl groups is 2. The van der Waals surface area contributed by atoms with E-state index in [1.54, 1.807) is 161 Å². The third kappa shape index (κ3) is 27.5. The third-order valence-electron chi connectivity index (χ3n) is 24.9. The fourth-order valence-corrected chi connectivity index (χ4v) is 16.4. The van der Waals surface area contributed by atoms with Gasteiger partial charge in [-0.3, -0.25) is 0 Å². The molecule has 754 valence electrons. The maximum absolute atomic E-state index is 13.4. The highest BCUT2D eigenvalue weighted by Crippen LogP contribution is 2.48. The van der Waals surface area contributed by atoms with Gasteiger partial charge in [-0.1, -0.05) is 243 Å². The van der Waals surface area contributed by atoms with Gasteiger partial charge in [-0.25, -0.2) is 28.8 Å². The minimum atomic E-state index is -1.50. The summed E-state index contributed by atoms with van der Waals surface area (Å²) in [4.78, 5) is 83.1. The first-order valence-corrected chi connectivity index (χ1v) is 46.6. The summed E-state index contributed by atoms with van der Waals surface area (Å²) in [5.74, 6) is -3.72. The van der Waals surface area contributed by atoms with Gasteiger partial charge in [-0.15, -0.1) is 0 Å². The van der Waals surface area contributed by atoms with Crippen molar-refractivity contribution in [1.29, 1.82) is 26.3 Å². The van der Waals surface area contributed by atoms with E-state index in [1.807, 2.05) is 199 Å². The fourth-order valence-electron chi connectivity index (χ4n) is 16.4. The first-order chi connectivity index (χ1) is 70.3. The molecular weight excluding hydrogens is 1870 g/mol. The molecule has 16 atom stereocenters. The zero-order chi connectivity index (χ0) is 105. The van der Waals surface area contributed by atoms with Crippen molar-refractivity contribution in [2.75, 3.05) is 38.8 Å². The van der Waals surface area contributed by atoms with E-state index in [0.717, 1.165) is 55.6 Å². The topological polar surface area (TPSA) is 497 Å². The number of nitrogens with zero attached hydrogens (tertiary/aromatic N) is 8. The maximum Gasteiger partial charge on any atom is 0.338 e. The van der Waals surface area contributed by atoms with Crippen molar-refractivity contribution in [3.05, 3.63) is 367 Å². The number of hydrogen-bond donors (Lipinski definition) is 4. The molecule has 34 heteroatoms. The minimum Gasteiger partial charge on any atom is -0.459 e. The van der Waals surface area contributed by atoms with E-state index in [4.69, 9.17) is 91.9 Å². The van der Waals surface area contributed by atoms with Gasteiger partial charge in [0.05, 0.1) is 78.9 Å². The summed E-state index contributed by atoms with van der Waals surface area (Å²) in [6, 6.07) is 88.5. The van der Waals surface area contributed by atoms with Crippen LogP contribution in [0.4, 0.5) is 5.69 Å². The average Bonchev–Trinajstić information content (AvgIpc) is 1.61. The van der Waals surface area contributed by atoms with E-state index >= 15 is 0 Å². The van der Waals surface area contributed by atoms with Crippen LogP contribution in [0, 0.1) is 98.2 Å². The fraction of sp³-hybridized carbons (Fsp3) is 0.321. The molecule has 11 aromatic rings. The van der Waals surface area contributed by atoms with E-state index in [9.17, 15) is 60.0 Å². The predicted molar refractivity (Wildman–Crippen MR) is 526 cm³/mol. The Kier molecular flexibility index (Phi) is 38.2. The summed E-state index contributed by atoms with van der Waals surface area (Å²) < 4.78 is 88.8. The molecule has 0 radical (unpaired) electrons. The number of ether oxygens (including phenoxy) is 14. The molecule has 1 aromatic heterocycles. The molecule has 5 N–H and O–H groups in total. The molecule has 15 rings (SSSR count). The Labute approximate surface area is 844 Å². The number of hydrogen-bond acceptors (Lipinski definition) is 34. The van der Waals surface area contributed by atoms with Crippen molar-refractivity contribution in [2.45, 2.75) is 198 Å². The number of carbonyl (C=O) groups excluding carboxylic acids is 6. The Balaban J connectivity index is 0.000000176. The quantitative estimate of drug-likeness (QED) is 0.00726. The highest BCUT2D eigenvalue weighted by Gasteiger charge is 2.63. The molecule has 34 nitrogen and oxygen atoms in total. The first-order valence-electron chi connectivity index (χ1n) is 46.6. The van der Waals surface area contributed by atoms with Gasteiger partial charge >= 0.3 is 35.8 Å². The predicted octanol–water partition coefficient (Wildman–Crippen LogP) is 15.9. The summed E-state index contributed by atoms with van der Waals surface area (Å²) in [5, 5.41) is 87.4. The molecule has 0 aliphatic carbocycles. The Morgan fingerprint density at radius 3 is 1.01 bits per heavy atom. The van der Waals surface area contributed by atoms with Crippen LogP contribution in [0.3, 0.4) is 0 Å². The maximum atomic E-state index is 13.4. The van der Waals surface area contributed by atoms with Crippen molar-refractivity contribution in [3.8, 4) is 30.3 Å². The molecular formula is C112H111N9O25. The number of aryl methyl sites for hydroxylation is 6. The van der Waals surface area contributed by atoms with E-state index in [0.29, 0.717) is 33.4 Å². The third-order valence-corrected chi connectivity index (χ3v) is 24.9. The van der Waals surface area contributed by atoms with E-state index in [2.05, 4.69) is 21.5 Å². The lowest BCUT2D eigenvalue weighted by Crippen LogP contribution is -2.52. The smallest absolute Gasteiger partial charge is 0.338 e. The van der Waals surface area contributed by atoms with Crippen LogP contribution in [-0.2, 0) is 97.6 Å². The molecule has 146 heavy (non-hydrogen) atoms. The van der Waals surface area contributed by atoms with Crippen LogP contribution < -0.4 is 5.73 Å². The van der Waals surface area contributed by atoms with Gasteiger partial charge in [-0.05, 0) is 164 Å². The number of anilines is 1. The number of esters is 6. The second kappa shape index (κ2) is 51.3. The number of nitrogens with two attached hydrogens (primary N) is 1. The van der Waals surface area contributed by atoms with Crippen LogP contribution >= 0.6 is 0 Å². The van der Waals surface area contributed by atoms with Gasteiger partial charge < -0.3 is 96.8 Å². The second-order valence-electron chi connectivity index (χ2n) is 35.7. The lowest BCUT2D eigenvalue weighted by atomic mass is 9.89. The van der Waals surface area contributed by atoms with Gasteiger partial charge in [0, 0.05) is 0 Å². The minimum absolute atomic E-state index is 0.00623. The summed E-state index contributed by atoms with van der Waals surface area (Å²) in [5.41, 5.74) is 11.5. The Hall–Kier alpha value is -16.0. The number of nitriles is 5. The van der Waals surface area contributed by atoms with Crippen LogP contribution in [0.2, 0.25) is 0 Å². The normalized spacial score (nSPS) is 23.2. The molecule has 4 aliphatic rings. The lowest BCUT2D eigenvalue weighted by Gasteiger charge is -2.34. The number of carbonyl (C=O) groups is 6. The highest BCUT2D eigenvalue weighted by atomic mass is 16.7. The Bertz CT molecular complexity index is 6540. The summed E-state index contributed by atoms with van der Waals surface area (Å²) in [7, 11) is 0. The molecule has 4 aliphatic heterocycles. The standard InChI is InChI=1S/C33H31N3O7.C31H30N2O7.C31H31NO6.C17H19N3O5/c1-22-9-13-25(14-10-22)31(37)39-21-28-30(43-32(38)26-15-11-23(2)12-16-26)33(3,40-20-24-7-5-4-6-8-24)29(42-28)27(19-35)36-41-18-17-34;1-20-9-13-23(14-10-20)29(34)37-19-26-28(40-30(35)24-15-11-21(2)12-16-24)31(3,27(39-26)25(17-32)33-36)38-18-22-7-5-4-6-8-22;1-21-9-13-24(14-10-21)29(33)35-20-26-28(38-30(34)25-15-11-22(2)12-16-25)31(3,27(37-26)17-18-32)36-19-23-7-5-4-6-8-23;1-17(23-9-10-5-3-2-4-6-10)15(22)12(8-21)24-16(17)14-13(19)11(7-18)25-20-14/h4-16,28-30H,18,20-21H2,1-3H3;4-16,26-28,36H,18-19H2,1-3H3;4-16,26-28H,17,19-20H2,1-3H3;2-6,12,15-16,21-22H,8-9,19H2,1H3/t28?,29-,30+,33-;2*26?,27-,28+,31-;12?,15-,16+,17-/m0001/s1. The van der Waals surface area contributed by atoms with Gasteiger partial charge in [0.15, 0.2) is 29.7 Å². The molecule has 0 amide bonds. The summed E-state index contributed by atoms with van der Waals surface area (Å²) >= 11 is 0. The SMILES string of the molecule is C[C@@]1(OCc2ccccc2)[C@H](O)C(CO)O[C@H]1c1noc(C#N)c1N.Cc1ccc(C(=O)OCC2O[C@@H](C(C#N)=NO)[C@](C)(OCc3ccccc3)[C@@H]2OC(=O)c2ccc(C)cc2)cc1.Cc1ccc(C(=O)OCC2O[C@@H](C(C#N)=NOCC#N)[C@](C)(OCc3ccccc3)[C@@H]2OC(=O)c2ccc(C)cc2)cc1.Cc1ccc(C(=O)OCC2O[C@@H](CC#N)[C@](C)(OCc3ccccc3)[C@@H]2OC(=O)c2ccc(C)cc2)cc1. The Morgan fingerprint density at radius 1 is 0.397 bits per heavy atom. The van der Waals surface area contributed by atoms with Crippen LogP contribution in [0.5, 0.6) is 0 Å². The van der Waals surface area contributed by atoms with Gasteiger partial charge in [0.2, 0.25) is 6.61 Å². The number of aromatic nitrogens is 1. The van der Waals surface area contributed by atoms with Crippen molar-refractivity contribution in [1.82, 2.24) is 5.16 Å². The zero-order valence-corrected chi connectivity index (χ0v) is 81.9. The van der Waals surface area contributed by atoms with Crippen LogP contribution in [0.1, 0.15) is 169 Å². The number of oxime groups is 2. The molecule has 10 aromatic carbocycles. The lowest BCUT2D eigenvalue weighted by molar-refractivity contribution is -0.127. The van der Waals surface area contributed by atoms with Crippen LogP contribution in [-0.4, -0.2) is 190 Å². The molecule has 0 spiro atoms. The molecule has 4 saturated heterocycles. The van der Waals surface area contributed by atoms with Crippen molar-refractivity contribution >= 4 is 52.9 Å². The largest absolute Gasteiger partial charge is 0.459 e. The van der Waals surface area contributed by atoms with E-state index in [-0.39, 0.29) is 81.2 Å². The van der Waals surface area contributed by atoms with Crippen molar-refractivity contribution in [3.63, 3.8) is 0 Å². The number of aliphatic hydroxyl groups excluding tert-OH is 2. The molecule has 4 fully saturated rings. The van der Waals surface area contributed by atoms with E-state index in [1.165, 1.54) is 0 Å². The summed E-state index contributed by atoms with van der Waals surface area (Å²) in [6.07, 6.45) is -12.2. The zero-order valence-electron chi connectivity index (χ0n) is 81.9. The van der Waals surface area contributed by atoms with Crippen molar-refractivity contribution in [2.24, 2.45) is 10.3 Å². The number of nitrogen functional groups attached to an aromatic ring is 1.